The van der Waals surface area contributed by atoms with E-state index in [-0.39, 0.29) is 11.9 Å². The Morgan fingerprint density at radius 2 is 2.12 bits per heavy atom. The maximum atomic E-state index is 13.6. The molecule has 0 saturated heterocycles. The van der Waals surface area contributed by atoms with Crippen molar-refractivity contribution in [2.75, 3.05) is 5.32 Å². The van der Waals surface area contributed by atoms with Gasteiger partial charge in [0.15, 0.2) is 5.58 Å². The molecule has 1 aliphatic carbocycles. The van der Waals surface area contributed by atoms with Gasteiger partial charge in [-0.3, -0.25) is 4.98 Å². The van der Waals surface area contributed by atoms with Crippen molar-refractivity contribution in [1.29, 1.82) is 0 Å². The summed E-state index contributed by atoms with van der Waals surface area (Å²) in [6, 6.07) is 10.7. The second kappa shape index (κ2) is 5.78. The van der Waals surface area contributed by atoms with Gasteiger partial charge in [-0.05, 0) is 48.2 Å². The van der Waals surface area contributed by atoms with Crippen molar-refractivity contribution in [2.45, 2.75) is 25.4 Å². The van der Waals surface area contributed by atoms with E-state index in [1.165, 1.54) is 17.7 Å². The van der Waals surface area contributed by atoms with Crippen molar-refractivity contribution < 1.29 is 13.9 Å². The van der Waals surface area contributed by atoms with E-state index in [0.29, 0.717) is 34.4 Å². The molecule has 6 heteroatoms. The van der Waals surface area contributed by atoms with Crippen molar-refractivity contribution >= 4 is 33.7 Å². The monoisotopic (exact) mass is 349 g/mol. The zero-order valence-corrected chi connectivity index (χ0v) is 13.9. The Balaban J connectivity index is 1.59. The molecule has 1 aliphatic rings. The summed E-state index contributed by atoms with van der Waals surface area (Å²) in [5, 5.41) is 13.8. The minimum absolute atomic E-state index is 0.326. The van der Waals surface area contributed by atoms with Crippen molar-refractivity contribution in [2.24, 2.45) is 0 Å². The number of oxazole rings is 1. The number of aliphatic hydroxyl groups is 1. The Hall–Kier alpha value is -2.99. The molecular weight excluding hydrogens is 333 g/mol. The van der Waals surface area contributed by atoms with Gasteiger partial charge in [0.05, 0.1) is 17.8 Å². The number of anilines is 2. The first-order valence-corrected chi connectivity index (χ1v) is 8.58. The standard InChI is InChI=1S/C20H16FN3O2/c21-12-5-7-16-15(8-12)19-18(10-22-16)24-20(26-19)23-17-3-1-2-11-4-6-13(25)9-14(11)17/h1-3,5,7-8,10,13,25H,4,6,9H2,(H,23,24)/t13-/m0/s1. The summed E-state index contributed by atoms with van der Waals surface area (Å²) < 4.78 is 19.5. The number of rotatable bonds is 2. The van der Waals surface area contributed by atoms with Crippen LogP contribution in [-0.2, 0) is 12.8 Å². The number of hydrogen-bond donors (Lipinski definition) is 2. The first-order chi connectivity index (χ1) is 12.7. The Morgan fingerprint density at radius 3 is 3.04 bits per heavy atom. The highest BCUT2D eigenvalue weighted by molar-refractivity contribution is 6.00. The fourth-order valence-corrected chi connectivity index (χ4v) is 3.60. The number of pyridine rings is 1. The van der Waals surface area contributed by atoms with Crippen LogP contribution in [0.4, 0.5) is 16.1 Å². The maximum absolute atomic E-state index is 13.6. The van der Waals surface area contributed by atoms with Crippen LogP contribution >= 0.6 is 0 Å². The number of fused-ring (bicyclic) bond motifs is 4. The molecule has 1 atom stereocenters. The highest BCUT2D eigenvalue weighted by Crippen LogP contribution is 2.32. The van der Waals surface area contributed by atoms with Gasteiger partial charge in [0, 0.05) is 17.5 Å². The highest BCUT2D eigenvalue weighted by Gasteiger charge is 2.20. The number of aromatic nitrogens is 2. The second-order valence-corrected chi connectivity index (χ2v) is 6.62. The number of aliphatic hydroxyl groups excluding tert-OH is 1. The van der Waals surface area contributed by atoms with E-state index in [1.54, 1.807) is 12.3 Å². The third-order valence-electron chi connectivity index (χ3n) is 4.88. The molecule has 0 amide bonds. The van der Waals surface area contributed by atoms with Crippen molar-refractivity contribution in [3.05, 3.63) is 59.5 Å². The molecule has 2 aromatic carbocycles. The van der Waals surface area contributed by atoms with Gasteiger partial charge in [0.2, 0.25) is 0 Å². The van der Waals surface area contributed by atoms with E-state index < -0.39 is 0 Å². The predicted molar refractivity (Wildman–Crippen MR) is 97.0 cm³/mol. The first kappa shape index (κ1) is 15.3. The summed E-state index contributed by atoms with van der Waals surface area (Å²) in [4.78, 5) is 8.73. The van der Waals surface area contributed by atoms with Crippen LogP contribution in [0.3, 0.4) is 0 Å². The number of hydrogen-bond acceptors (Lipinski definition) is 5. The molecule has 5 nitrogen and oxygen atoms in total. The Kier molecular flexibility index (Phi) is 3.39. The van der Waals surface area contributed by atoms with E-state index in [9.17, 15) is 9.50 Å². The molecule has 130 valence electrons. The summed E-state index contributed by atoms with van der Waals surface area (Å²) in [6.45, 7) is 0. The third-order valence-corrected chi connectivity index (χ3v) is 4.88. The topological polar surface area (TPSA) is 71.2 Å². The Bertz CT molecular complexity index is 1140. The maximum Gasteiger partial charge on any atom is 0.300 e. The predicted octanol–water partition coefficient (Wildman–Crippen LogP) is 4.11. The lowest BCUT2D eigenvalue weighted by Crippen LogP contribution is -2.19. The number of aryl methyl sites for hydroxylation is 1. The molecule has 0 radical (unpaired) electrons. The zero-order valence-electron chi connectivity index (χ0n) is 13.9. The quantitative estimate of drug-likeness (QED) is 0.570. The highest BCUT2D eigenvalue weighted by atomic mass is 19.1. The SMILES string of the molecule is O[C@H]1CCc2cccc(Nc3nc4cnc5ccc(F)cc5c4o3)c2C1. The van der Waals surface area contributed by atoms with Crippen LogP contribution < -0.4 is 5.32 Å². The molecule has 2 aromatic heterocycles. The van der Waals surface area contributed by atoms with Gasteiger partial charge in [-0.15, -0.1) is 0 Å². The van der Waals surface area contributed by atoms with Crippen LogP contribution in [0.15, 0.2) is 47.0 Å². The first-order valence-electron chi connectivity index (χ1n) is 8.58. The average Bonchev–Trinajstić information content (AvgIpc) is 3.05. The summed E-state index contributed by atoms with van der Waals surface area (Å²) in [7, 11) is 0. The molecule has 0 bridgehead atoms. The molecule has 5 rings (SSSR count). The van der Waals surface area contributed by atoms with E-state index in [4.69, 9.17) is 4.42 Å². The average molecular weight is 349 g/mol. The third kappa shape index (κ3) is 2.50. The summed E-state index contributed by atoms with van der Waals surface area (Å²) in [6.07, 6.45) is 3.53. The molecule has 2 N–H and O–H groups in total. The van der Waals surface area contributed by atoms with Crippen molar-refractivity contribution in [3.63, 3.8) is 0 Å². The number of halogens is 1. The van der Waals surface area contributed by atoms with Gasteiger partial charge in [-0.25, -0.2) is 4.39 Å². The number of nitrogens with zero attached hydrogens (tertiary/aromatic N) is 2. The molecule has 0 saturated carbocycles. The fraction of sp³-hybridized carbons (Fsp3) is 0.200. The Labute approximate surface area is 148 Å². The molecule has 0 fully saturated rings. The van der Waals surface area contributed by atoms with Gasteiger partial charge >= 0.3 is 0 Å². The molecule has 4 aromatic rings. The van der Waals surface area contributed by atoms with Crippen molar-refractivity contribution in [3.8, 4) is 0 Å². The summed E-state index contributed by atoms with van der Waals surface area (Å²) in [5.74, 6) is -0.344. The van der Waals surface area contributed by atoms with Gasteiger partial charge in [-0.1, -0.05) is 12.1 Å². The summed E-state index contributed by atoms with van der Waals surface area (Å²) >= 11 is 0. The van der Waals surface area contributed by atoms with E-state index in [2.05, 4.69) is 21.4 Å². The fourth-order valence-electron chi connectivity index (χ4n) is 3.60. The van der Waals surface area contributed by atoms with Crippen molar-refractivity contribution in [1.82, 2.24) is 9.97 Å². The normalized spacial score (nSPS) is 16.8. The lowest BCUT2D eigenvalue weighted by atomic mass is 9.88. The largest absolute Gasteiger partial charge is 0.423 e. The van der Waals surface area contributed by atoms with Crippen LogP contribution in [0.2, 0.25) is 0 Å². The zero-order chi connectivity index (χ0) is 17.7. The smallest absolute Gasteiger partial charge is 0.300 e. The lowest BCUT2D eigenvalue weighted by Gasteiger charge is -2.23. The van der Waals surface area contributed by atoms with Gasteiger partial charge in [0.25, 0.3) is 6.01 Å². The van der Waals surface area contributed by atoms with Crippen LogP contribution in [0.25, 0.3) is 22.0 Å². The van der Waals surface area contributed by atoms with Gasteiger partial charge in [0.1, 0.15) is 11.3 Å². The molecule has 0 unspecified atom stereocenters. The molecular formula is C20H16FN3O2. The van der Waals surface area contributed by atoms with Crippen LogP contribution in [0.1, 0.15) is 17.5 Å². The molecule has 26 heavy (non-hydrogen) atoms. The van der Waals surface area contributed by atoms with Crippen LogP contribution in [-0.4, -0.2) is 21.2 Å². The molecule has 0 spiro atoms. The van der Waals surface area contributed by atoms with Gasteiger partial charge < -0.3 is 14.8 Å². The lowest BCUT2D eigenvalue weighted by molar-refractivity contribution is 0.159. The van der Waals surface area contributed by atoms with Crippen LogP contribution in [0, 0.1) is 5.82 Å². The minimum Gasteiger partial charge on any atom is -0.423 e. The van der Waals surface area contributed by atoms with E-state index in [0.717, 1.165) is 24.1 Å². The molecule has 2 heterocycles. The van der Waals surface area contributed by atoms with Gasteiger partial charge in [-0.2, -0.15) is 4.98 Å². The number of nitrogens with one attached hydrogen (secondary N) is 1. The minimum atomic E-state index is -0.344. The second-order valence-electron chi connectivity index (χ2n) is 6.62. The number of benzene rings is 2. The summed E-state index contributed by atoms with van der Waals surface area (Å²) in [5.41, 5.74) is 4.91. The van der Waals surface area contributed by atoms with Crippen LogP contribution in [0.5, 0.6) is 0 Å². The van der Waals surface area contributed by atoms with E-state index in [1.807, 2.05) is 12.1 Å². The Morgan fingerprint density at radius 1 is 1.19 bits per heavy atom. The molecule has 0 aliphatic heterocycles. The van der Waals surface area contributed by atoms with E-state index >= 15 is 0 Å².